The summed E-state index contributed by atoms with van der Waals surface area (Å²) in [5.41, 5.74) is 0.579. The third kappa shape index (κ3) is 3.38. The number of rotatable bonds is 4. The molecule has 0 saturated carbocycles. The second-order valence-corrected chi connectivity index (χ2v) is 6.85. The number of halogens is 1. The maximum absolute atomic E-state index is 9.78. The first-order valence-corrected chi connectivity index (χ1v) is 7.62. The number of hydrogen-bond donors (Lipinski definition) is 1. The Balaban J connectivity index is 2.21. The van der Waals surface area contributed by atoms with E-state index in [2.05, 4.69) is 46.6 Å². The molecule has 0 unspecified atom stereocenters. The van der Waals surface area contributed by atoms with Gasteiger partial charge in [0.05, 0.1) is 11.3 Å². The average molecular weight is 376 g/mol. The van der Waals surface area contributed by atoms with Gasteiger partial charge < -0.3 is 9.63 Å². The molecule has 96 valence electrons. The van der Waals surface area contributed by atoms with E-state index in [1.54, 1.807) is 17.8 Å². The van der Waals surface area contributed by atoms with Crippen LogP contribution in [0.15, 0.2) is 22.7 Å². The van der Waals surface area contributed by atoms with Gasteiger partial charge in [-0.05, 0) is 46.0 Å². The molecule has 0 aliphatic heterocycles. The summed E-state index contributed by atoms with van der Waals surface area (Å²) in [5, 5.41) is 14.2. The number of benzene rings is 1. The molecule has 0 aliphatic rings. The first-order chi connectivity index (χ1) is 8.56. The number of nitrogens with zero attached hydrogens (tertiary/aromatic N) is 2. The van der Waals surface area contributed by atoms with Gasteiger partial charge in [0.2, 0.25) is 0 Å². The van der Waals surface area contributed by atoms with Crippen LogP contribution < -0.4 is 0 Å². The number of thioether (sulfide) groups is 1. The van der Waals surface area contributed by atoms with E-state index < -0.39 is 0 Å². The molecule has 6 heteroatoms. The van der Waals surface area contributed by atoms with Crippen molar-refractivity contribution in [3.8, 4) is 17.2 Å². The minimum Gasteiger partial charge on any atom is -0.507 e. The van der Waals surface area contributed by atoms with E-state index in [1.807, 2.05) is 12.1 Å². The lowest BCUT2D eigenvalue weighted by molar-refractivity contribution is 0.419. The Bertz CT molecular complexity index is 543. The SMILES string of the molecule is CC(C)SCc1noc(-c2cc(I)ccc2O)n1. The van der Waals surface area contributed by atoms with E-state index in [-0.39, 0.29) is 5.75 Å². The summed E-state index contributed by atoms with van der Waals surface area (Å²) in [5.74, 6) is 1.89. The van der Waals surface area contributed by atoms with Crippen LogP contribution in [0, 0.1) is 3.57 Å². The van der Waals surface area contributed by atoms with Gasteiger partial charge >= 0.3 is 0 Å². The van der Waals surface area contributed by atoms with Crippen LogP contribution in [0.1, 0.15) is 19.7 Å². The fraction of sp³-hybridized carbons (Fsp3) is 0.333. The highest BCUT2D eigenvalue weighted by molar-refractivity contribution is 14.1. The Kier molecular flexibility index (Phi) is 4.50. The van der Waals surface area contributed by atoms with Crippen molar-refractivity contribution in [3.63, 3.8) is 0 Å². The molecule has 0 atom stereocenters. The smallest absolute Gasteiger partial charge is 0.261 e. The standard InChI is InChI=1S/C12H13IN2O2S/c1-7(2)18-6-11-14-12(17-15-11)9-5-8(13)3-4-10(9)16/h3-5,7,16H,6H2,1-2H3. The second kappa shape index (κ2) is 5.92. The van der Waals surface area contributed by atoms with Crippen molar-refractivity contribution in [2.24, 2.45) is 0 Å². The van der Waals surface area contributed by atoms with Gasteiger partial charge in [-0.2, -0.15) is 16.7 Å². The van der Waals surface area contributed by atoms with Crippen LogP contribution in [0.25, 0.3) is 11.5 Å². The van der Waals surface area contributed by atoms with Crippen molar-refractivity contribution in [2.75, 3.05) is 0 Å². The fourth-order valence-electron chi connectivity index (χ4n) is 1.34. The normalized spacial score (nSPS) is 11.1. The predicted molar refractivity (Wildman–Crippen MR) is 80.5 cm³/mol. The molecule has 0 saturated heterocycles. The molecule has 0 bridgehead atoms. The highest BCUT2D eigenvalue weighted by Crippen LogP contribution is 2.29. The van der Waals surface area contributed by atoms with Crippen LogP contribution in [-0.2, 0) is 5.75 Å². The molecule has 0 radical (unpaired) electrons. The van der Waals surface area contributed by atoms with Crippen LogP contribution in [-0.4, -0.2) is 20.5 Å². The molecular weight excluding hydrogens is 363 g/mol. The van der Waals surface area contributed by atoms with Crippen molar-refractivity contribution in [1.82, 2.24) is 10.1 Å². The van der Waals surface area contributed by atoms with Crippen molar-refractivity contribution < 1.29 is 9.63 Å². The minimum absolute atomic E-state index is 0.155. The van der Waals surface area contributed by atoms with E-state index in [1.165, 1.54) is 0 Å². The third-order valence-corrected chi connectivity index (χ3v) is 3.97. The van der Waals surface area contributed by atoms with Gasteiger partial charge in [0.15, 0.2) is 5.82 Å². The lowest BCUT2D eigenvalue weighted by Gasteiger charge is -2.00. The zero-order valence-corrected chi connectivity index (χ0v) is 13.0. The summed E-state index contributed by atoms with van der Waals surface area (Å²) in [6.07, 6.45) is 0. The molecule has 1 N–H and O–H groups in total. The molecule has 0 amide bonds. The number of aromatic hydroxyl groups is 1. The molecule has 0 spiro atoms. The molecule has 1 aromatic carbocycles. The lowest BCUT2D eigenvalue weighted by atomic mass is 10.2. The van der Waals surface area contributed by atoms with Crippen LogP contribution in [0.2, 0.25) is 0 Å². The molecule has 1 heterocycles. The number of hydrogen-bond acceptors (Lipinski definition) is 5. The summed E-state index contributed by atoms with van der Waals surface area (Å²) < 4.78 is 6.19. The van der Waals surface area contributed by atoms with Crippen molar-refractivity contribution in [2.45, 2.75) is 24.9 Å². The van der Waals surface area contributed by atoms with Gasteiger partial charge in [0.1, 0.15) is 5.75 Å². The maximum Gasteiger partial charge on any atom is 0.261 e. The molecule has 4 nitrogen and oxygen atoms in total. The van der Waals surface area contributed by atoms with Gasteiger partial charge in [-0.3, -0.25) is 0 Å². The maximum atomic E-state index is 9.78. The Morgan fingerprint density at radius 2 is 2.22 bits per heavy atom. The summed E-state index contributed by atoms with van der Waals surface area (Å²) in [7, 11) is 0. The van der Waals surface area contributed by atoms with Gasteiger partial charge in [0.25, 0.3) is 5.89 Å². The molecule has 2 aromatic rings. The number of phenols is 1. The summed E-state index contributed by atoms with van der Waals surface area (Å²) in [6, 6.07) is 5.28. The summed E-state index contributed by atoms with van der Waals surface area (Å²) in [4.78, 5) is 4.29. The number of aromatic nitrogens is 2. The van der Waals surface area contributed by atoms with E-state index in [0.29, 0.717) is 28.3 Å². The zero-order chi connectivity index (χ0) is 13.1. The van der Waals surface area contributed by atoms with Gasteiger partial charge in [-0.1, -0.05) is 19.0 Å². The number of phenolic OH excluding ortho intramolecular Hbond substituents is 1. The molecule has 2 rings (SSSR count). The first-order valence-electron chi connectivity index (χ1n) is 5.49. The topological polar surface area (TPSA) is 59.2 Å². The summed E-state index contributed by atoms with van der Waals surface area (Å²) >= 11 is 3.93. The van der Waals surface area contributed by atoms with Crippen LogP contribution in [0.4, 0.5) is 0 Å². The van der Waals surface area contributed by atoms with Crippen LogP contribution in [0.5, 0.6) is 5.75 Å². The largest absolute Gasteiger partial charge is 0.507 e. The highest BCUT2D eigenvalue weighted by Gasteiger charge is 2.13. The van der Waals surface area contributed by atoms with Crippen molar-refractivity contribution in [3.05, 3.63) is 27.6 Å². The molecular formula is C12H13IN2O2S. The van der Waals surface area contributed by atoms with E-state index in [4.69, 9.17) is 4.52 Å². The van der Waals surface area contributed by atoms with E-state index in [0.717, 1.165) is 3.57 Å². The molecule has 1 aromatic heterocycles. The lowest BCUT2D eigenvalue weighted by Crippen LogP contribution is -1.90. The molecule has 18 heavy (non-hydrogen) atoms. The van der Waals surface area contributed by atoms with Gasteiger partial charge in [-0.15, -0.1) is 0 Å². The van der Waals surface area contributed by atoms with E-state index in [9.17, 15) is 5.11 Å². The third-order valence-electron chi connectivity index (χ3n) is 2.20. The Morgan fingerprint density at radius 1 is 1.44 bits per heavy atom. The fourth-order valence-corrected chi connectivity index (χ4v) is 2.43. The van der Waals surface area contributed by atoms with Crippen molar-refractivity contribution in [1.29, 1.82) is 0 Å². The molecule has 0 aliphatic carbocycles. The second-order valence-electron chi connectivity index (χ2n) is 4.04. The molecule has 0 fully saturated rings. The first kappa shape index (κ1) is 13.7. The van der Waals surface area contributed by atoms with Crippen LogP contribution in [0.3, 0.4) is 0 Å². The monoisotopic (exact) mass is 376 g/mol. The Labute approximate surface area is 123 Å². The van der Waals surface area contributed by atoms with Gasteiger partial charge in [-0.25, -0.2) is 0 Å². The minimum atomic E-state index is 0.155. The highest BCUT2D eigenvalue weighted by atomic mass is 127. The Morgan fingerprint density at radius 3 is 2.94 bits per heavy atom. The average Bonchev–Trinajstić information content (AvgIpc) is 2.78. The van der Waals surface area contributed by atoms with Crippen LogP contribution >= 0.6 is 34.4 Å². The summed E-state index contributed by atoms with van der Waals surface area (Å²) in [6.45, 7) is 4.24. The quantitative estimate of drug-likeness (QED) is 0.825. The van der Waals surface area contributed by atoms with Gasteiger partial charge in [0, 0.05) is 3.57 Å². The van der Waals surface area contributed by atoms with Crippen molar-refractivity contribution >= 4 is 34.4 Å². The predicted octanol–water partition coefficient (Wildman–Crippen LogP) is 3.69. The van der Waals surface area contributed by atoms with E-state index >= 15 is 0 Å². The zero-order valence-electron chi connectivity index (χ0n) is 10.1. The Hall–Kier alpha value is -0.760.